The molecule has 1 saturated heterocycles. The van der Waals surface area contributed by atoms with Gasteiger partial charge >= 0.3 is 0 Å². The first kappa shape index (κ1) is 21.7. The molecule has 7 heteroatoms. The van der Waals surface area contributed by atoms with Gasteiger partial charge in [-0.1, -0.05) is 31.5 Å². The number of carbonyl (C=O) groups is 2. The van der Waals surface area contributed by atoms with Gasteiger partial charge in [-0.15, -0.1) is 0 Å². The third-order valence-electron chi connectivity index (χ3n) is 4.94. The topological polar surface area (TPSA) is 76.1 Å². The van der Waals surface area contributed by atoms with Crippen LogP contribution in [0.2, 0.25) is 5.02 Å². The number of halogens is 1. The van der Waals surface area contributed by atoms with E-state index in [0.29, 0.717) is 34.2 Å². The molecule has 1 heterocycles. The maximum absolute atomic E-state index is 12.9. The summed E-state index contributed by atoms with van der Waals surface area (Å²) in [5.74, 6) is -0.476. The Balaban J connectivity index is 2.21. The number of ketones is 1. The van der Waals surface area contributed by atoms with Crippen molar-refractivity contribution >= 4 is 29.1 Å². The smallest absolute Gasteiger partial charge is 0.295 e. The highest BCUT2D eigenvalue weighted by Crippen LogP contribution is 2.42. The number of aliphatic hydroxyl groups excluding tert-OH is 1. The lowest BCUT2D eigenvalue weighted by atomic mass is 9.94. The molecule has 0 aromatic heterocycles. The summed E-state index contributed by atoms with van der Waals surface area (Å²) in [7, 11) is 3.04. The fourth-order valence-corrected chi connectivity index (χ4v) is 3.72. The molecule has 1 amide bonds. The van der Waals surface area contributed by atoms with Gasteiger partial charge in [-0.2, -0.15) is 0 Å². The molecule has 3 rings (SSSR count). The predicted molar refractivity (Wildman–Crippen MR) is 115 cm³/mol. The van der Waals surface area contributed by atoms with Crippen LogP contribution in [0, 0.1) is 5.92 Å². The number of amides is 1. The van der Waals surface area contributed by atoms with Crippen molar-refractivity contribution in [2.24, 2.45) is 5.92 Å². The van der Waals surface area contributed by atoms with Crippen LogP contribution in [0.5, 0.6) is 11.5 Å². The number of aliphatic hydroxyl groups is 1. The van der Waals surface area contributed by atoms with E-state index < -0.39 is 17.7 Å². The second-order valence-corrected chi connectivity index (χ2v) is 7.90. The van der Waals surface area contributed by atoms with Crippen molar-refractivity contribution in [3.63, 3.8) is 0 Å². The maximum Gasteiger partial charge on any atom is 0.295 e. The molecule has 1 N–H and O–H groups in total. The molecule has 1 fully saturated rings. The minimum Gasteiger partial charge on any atom is -0.507 e. The molecule has 158 valence electrons. The van der Waals surface area contributed by atoms with Crippen LogP contribution < -0.4 is 9.47 Å². The maximum atomic E-state index is 12.9. The Morgan fingerprint density at radius 3 is 2.27 bits per heavy atom. The molecule has 0 aliphatic carbocycles. The molecule has 1 unspecified atom stereocenters. The second-order valence-electron chi connectivity index (χ2n) is 7.47. The molecule has 2 aromatic carbocycles. The monoisotopic (exact) mass is 429 g/mol. The van der Waals surface area contributed by atoms with E-state index in [1.54, 1.807) is 42.5 Å². The van der Waals surface area contributed by atoms with Crippen LogP contribution in [-0.4, -0.2) is 42.5 Å². The molecular formula is C23H24ClNO5. The molecule has 0 radical (unpaired) electrons. The molecule has 1 atom stereocenters. The van der Waals surface area contributed by atoms with Crippen molar-refractivity contribution in [2.75, 3.05) is 20.8 Å². The van der Waals surface area contributed by atoms with Crippen LogP contribution in [0.15, 0.2) is 48.0 Å². The zero-order valence-electron chi connectivity index (χ0n) is 17.3. The number of carbonyl (C=O) groups excluding carboxylic acids is 2. The molecular weight excluding hydrogens is 406 g/mol. The number of rotatable bonds is 6. The number of Topliss-reactive ketones (excluding diaryl/α,β-unsaturated/α-hetero) is 1. The fourth-order valence-electron chi connectivity index (χ4n) is 3.59. The highest BCUT2D eigenvalue weighted by Gasteiger charge is 2.46. The third kappa shape index (κ3) is 4.00. The average Bonchev–Trinajstić information content (AvgIpc) is 2.97. The predicted octanol–water partition coefficient (Wildman–Crippen LogP) is 4.43. The molecule has 6 nitrogen and oxygen atoms in total. The summed E-state index contributed by atoms with van der Waals surface area (Å²) in [4.78, 5) is 27.3. The molecule has 2 aromatic rings. The van der Waals surface area contributed by atoms with Crippen molar-refractivity contribution in [3.05, 3.63) is 64.2 Å². The van der Waals surface area contributed by atoms with E-state index in [9.17, 15) is 14.7 Å². The van der Waals surface area contributed by atoms with Gasteiger partial charge in [-0.25, -0.2) is 0 Å². The lowest BCUT2D eigenvalue weighted by Gasteiger charge is -2.27. The second kappa shape index (κ2) is 8.79. The van der Waals surface area contributed by atoms with E-state index in [1.165, 1.54) is 19.1 Å². The lowest BCUT2D eigenvalue weighted by molar-refractivity contribution is -0.140. The molecule has 1 aliphatic rings. The average molecular weight is 430 g/mol. The Hall–Kier alpha value is -2.99. The third-order valence-corrected chi connectivity index (χ3v) is 5.19. The van der Waals surface area contributed by atoms with Gasteiger partial charge in [-0.3, -0.25) is 9.59 Å². The van der Waals surface area contributed by atoms with Crippen molar-refractivity contribution < 1.29 is 24.2 Å². The Morgan fingerprint density at radius 1 is 1.07 bits per heavy atom. The van der Waals surface area contributed by atoms with Gasteiger partial charge < -0.3 is 19.5 Å². The van der Waals surface area contributed by atoms with E-state index in [1.807, 2.05) is 13.8 Å². The first-order valence-corrected chi connectivity index (χ1v) is 9.92. The highest BCUT2D eigenvalue weighted by molar-refractivity contribution is 6.46. The van der Waals surface area contributed by atoms with Crippen molar-refractivity contribution in [1.29, 1.82) is 0 Å². The first-order chi connectivity index (χ1) is 14.3. The van der Waals surface area contributed by atoms with E-state index in [-0.39, 0.29) is 17.3 Å². The zero-order chi connectivity index (χ0) is 22.0. The summed E-state index contributed by atoms with van der Waals surface area (Å²) in [6, 6.07) is 10.9. The minimum atomic E-state index is -0.747. The minimum absolute atomic E-state index is 0.0372. The Morgan fingerprint density at radius 2 is 1.70 bits per heavy atom. The van der Waals surface area contributed by atoms with Gasteiger partial charge in [0.25, 0.3) is 11.7 Å². The van der Waals surface area contributed by atoms with Crippen LogP contribution in [0.1, 0.15) is 31.0 Å². The van der Waals surface area contributed by atoms with Gasteiger partial charge in [0.2, 0.25) is 0 Å². The van der Waals surface area contributed by atoms with Gasteiger partial charge in [-0.05, 0) is 47.9 Å². The van der Waals surface area contributed by atoms with Crippen LogP contribution in [0.25, 0.3) is 5.76 Å². The molecule has 0 spiro atoms. The van der Waals surface area contributed by atoms with Crippen molar-refractivity contribution in [1.82, 2.24) is 4.90 Å². The van der Waals surface area contributed by atoms with E-state index in [4.69, 9.17) is 21.1 Å². The Kier molecular flexibility index (Phi) is 6.37. The summed E-state index contributed by atoms with van der Waals surface area (Å²) in [5.41, 5.74) is 1.09. The fraction of sp³-hybridized carbons (Fsp3) is 0.304. The van der Waals surface area contributed by atoms with E-state index in [0.717, 1.165) is 0 Å². The largest absolute Gasteiger partial charge is 0.507 e. The number of likely N-dealkylation sites (tertiary alicyclic amines) is 1. The summed E-state index contributed by atoms with van der Waals surface area (Å²) in [6.45, 7) is 4.29. The molecule has 30 heavy (non-hydrogen) atoms. The van der Waals surface area contributed by atoms with Gasteiger partial charge in [0.15, 0.2) is 11.5 Å². The molecule has 0 saturated carbocycles. The normalized spacial score (nSPS) is 18.2. The standard InChI is InChI=1S/C23H24ClNO5/c1-13(2)12-25-20(15-7-10-17(29-3)18(11-15)30-4)19(22(27)23(25)28)21(26)14-5-8-16(24)9-6-14/h5-11,13,20,26H,12H2,1-4H3/b21-19-. The molecule has 1 aliphatic heterocycles. The quantitative estimate of drug-likeness (QED) is 0.417. The summed E-state index contributed by atoms with van der Waals surface area (Å²) in [5, 5.41) is 11.5. The highest BCUT2D eigenvalue weighted by atomic mass is 35.5. The van der Waals surface area contributed by atoms with Crippen molar-refractivity contribution in [3.8, 4) is 11.5 Å². The number of ether oxygens (including phenoxy) is 2. The van der Waals surface area contributed by atoms with Crippen LogP contribution in [0.4, 0.5) is 0 Å². The number of hydrogen-bond acceptors (Lipinski definition) is 5. The number of hydrogen-bond donors (Lipinski definition) is 1. The van der Waals surface area contributed by atoms with E-state index >= 15 is 0 Å². The van der Waals surface area contributed by atoms with Crippen LogP contribution in [-0.2, 0) is 9.59 Å². The van der Waals surface area contributed by atoms with Crippen LogP contribution >= 0.6 is 11.6 Å². The van der Waals surface area contributed by atoms with Gasteiger partial charge in [0.05, 0.1) is 25.8 Å². The van der Waals surface area contributed by atoms with Crippen molar-refractivity contribution in [2.45, 2.75) is 19.9 Å². The number of nitrogens with zero attached hydrogens (tertiary/aromatic N) is 1. The molecule has 0 bridgehead atoms. The van der Waals surface area contributed by atoms with Gasteiger partial charge in [0, 0.05) is 17.1 Å². The number of methoxy groups -OCH3 is 2. The summed E-state index contributed by atoms with van der Waals surface area (Å²) >= 11 is 5.94. The first-order valence-electron chi connectivity index (χ1n) is 9.54. The SMILES string of the molecule is COc1ccc(C2/C(=C(/O)c3ccc(Cl)cc3)C(=O)C(=O)N2CC(C)C)cc1OC. The summed E-state index contributed by atoms with van der Waals surface area (Å²) in [6.07, 6.45) is 0. The van der Waals surface area contributed by atoms with Crippen LogP contribution in [0.3, 0.4) is 0 Å². The van der Waals surface area contributed by atoms with E-state index in [2.05, 4.69) is 0 Å². The Labute approximate surface area is 180 Å². The zero-order valence-corrected chi connectivity index (χ0v) is 18.1. The Bertz CT molecular complexity index is 997. The number of benzene rings is 2. The van der Waals surface area contributed by atoms with Gasteiger partial charge in [0.1, 0.15) is 5.76 Å². The lowest BCUT2D eigenvalue weighted by Crippen LogP contribution is -2.33. The summed E-state index contributed by atoms with van der Waals surface area (Å²) < 4.78 is 10.7.